The molecule has 1 saturated heterocycles. The third-order valence-electron chi connectivity index (χ3n) is 3.47. The van der Waals surface area contributed by atoms with Crippen molar-refractivity contribution >= 4 is 5.84 Å². The van der Waals surface area contributed by atoms with E-state index in [1.807, 2.05) is 0 Å². The van der Waals surface area contributed by atoms with E-state index in [9.17, 15) is 0 Å². The number of hydrogen-bond donors (Lipinski definition) is 2. The van der Waals surface area contributed by atoms with Crippen LogP contribution in [-0.4, -0.2) is 47.2 Å². The lowest BCUT2D eigenvalue weighted by atomic mass is 10.1. The molecule has 0 radical (unpaired) electrons. The van der Waals surface area contributed by atoms with Crippen molar-refractivity contribution in [2.75, 3.05) is 20.2 Å². The first-order valence-electron chi connectivity index (χ1n) is 6.48. The predicted octanol–water partition coefficient (Wildman–Crippen LogP) is 1.04. The number of pyridine rings is 1. The number of likely N-dealkylation sites (tertiary alicyclic amines) is 1. The van der Waals surface area contributed by atoms with E-state index in [4.69, 9.17) is 15.7 Å². The molecule has 2 heterocycles. The van der Waals surface area contributed by atoms with Gasteiger partial charge in [0.15, 0.2) is 5.84 Å². The number of amidine groups is 1. The van der Waals surface area contributed by atoms with Crippen molar-refractivity contribution in [3.63, 3.8) is 0 Å². The summed E-state index contributed by atoms with van der Waals surface area (Å²) in [4.78, 5) is 6.54. The maximum absolute atomic E-state index is 8.60. The fourth-order valence-corrected chi connectivity index (χ4v) is 2.33. The third kappa shape index (κ3) is 3.57. The Balaban J connectivity index is 1.86. The topological polar surface area (TPSA) is 84.0 Å². The second kappa shape index (κ2) is 6.38. The largest absolute Gasteiger partial charge is 0.478 e. The van der Waals surface area contributed by atoms with Crippen LogP contribution in [0.3, 0.4) is 0 Å². The second-order valence-corrected chi connectivity index (χ2v) is 4.76. The zero-order chi connectivity index (χ0) is 13.7. The Labute approximate surface area is 112 Å². The summed E-state index contributed by atoms with van der Waals surface area (Å²) in [6.07, 6.45) is 3.49. The van der Waals surface area contributed by atoms with E-state index in [1.165, 1.54) is 19.4 Å². The van der Waals surface area contributed by atoms with Crippen LogP contribution in [0.25, 0.3) is 0 Å². The molecule has 0 amide bonds. The molecule has 104 valence electrons. The monoisotopic (exact) mass is 264 g/mol. The molecule has 6 nitrogen and oxygen atoms in total. The molecule has 6 heteroatoms. The fraction of sp³-hybridized carbons (Fsp3) is 0.538. The van der Waals surface area contributed by atoms with Gasteiger partial charge < -0.3 is 20.6 Å². The van der Waals surface area contributed by atoms with Gasteiger partial charge in [-0.05, 0) is 38.9 Å². The Kier molecular flexibility index (Phi) is 4.57. The van der Waals surface area contributed by atoms with Crippen LogP contribution in [0.1, 0.15) is 25.0 Å². The van der Waals surface area contributed by atoms with Gasteiger partial charge in [-0.25, -0.2) is 4.98 Å². The molecule has 3 N–H and O–H groups in total. The smallest absolute Gasteiger partial charge is 0.213 e. The van der Waals surface area contributed by atoms with Gasteiger partial charge in [0.25, 0.3) is 0 Å². The number of aromatic nitrogens is 1. The fourth-order valence-electron chi connectivity index (χ4n) is 2.33. The number of oxime groups is 1. The molecule has 0 saturated carbocycles. The zero-order valence-corrected chi connectivity index (χ0v) is 11.1. The summed E-state index contributed by atoms with van der Waals surface area (Å²) in [6.45, 7) is 1.80. The van der Waals surface area contributed by atoms with Crippen molar-refractivity contribution in [2.24, 2.45) is 10.9 Å². The highest BCUT2D eigenvalue weighted by atomic mass is 16.5. The Morgan fingerprint density at radius 3 is 3.16 bits per heavy atom. The molecule has 2 rings (SSSR count). The maximum Gasteiger partial charge on any atom is 0.213 e. The summed E-state index contributed by atoms with van der Waals surface area (Å²) in [5.74, 6) is 0.491. The lowest BCUT2D eigenvalue weighted by molar-refractivity contribution is 0.228. The molecular weight excluding hydrogens is 244 g/mol. The summed E-state index contributed by atoms with van der Waals surface area (Å²) < 4.78 is 5.62. The average molecular weight is 264 g/mol. The molecule has 0 aromatic carbocycles. The van der Waals surface area contributed by atoms with Crippen LogP contribution in [0, 0.1) is 0 Å². The predicted molar refractivity (Wildman–Crippen MR) is 72.5 cm³/mol. The molecule has 1 aliphatic heterocycles. The Morgan fingerprint density at radius 1 is 1.63 bits per heavy atom. The molecule has 1 aliphatic rings. The number of rotatable bonds is 5. The van der Waals surface area contributed by atoms with Gasteiger partial charge in [-0.1, -0.05) is 11.2 Å². The molecule has 1 fully saturated rings. The zero-order valence-electron chi connectivity index (χ0n) is 11.1. The van der Waals surface area contributed by atoms with Gasteiger partial charge in [-0.3, -0.25) is 0 Å². The van der Waals surface area contributed by atoms with Crippen LogP contribution in [0.5, 0.6) is 5.88 Å². The van der Waals surface area contributed by atoms with Gasteiger partial charge in [0, 0.05) is 12.1 Å². The normalized spacial score (nSPS) is 20.7. The summed E-state index contributed by atoms with van der Waals surface area (Å²) in [5.41, 5.74) is 5.90. The van der Waals surface area contributed by atoms with Crippen molar-refractivity contribution in [2.45, 2.75) is 25.3 Å². The lowest BCUT2D eigenvalue weighted by Crippen LogP contribution is -2.26. The Hall–Kier alpha value is -1.82. The van der Waals surface area contributed by atoms with E-state index in [2.05, 4.69) is 22.1 Å². The van der Waals surface area contributed by atoms with Crippen LogP contribution in [0.4, 0.5) is 0 Å². The minimum atomic E-state index is -0.0130. The number of hydrogen-bond acceptors (Lipinski definition) is 5. The number of ether oxygens (including phenoxy) is 1. The highest BCUT2D eigenvalue weighted by Gasteiger charge is 2.20. The summed E-state index contributed by atoms with van der Waals surface area (Å²) in [5, 5.41) is 11.5. The summed E-state index contributed by atoms with van der Waals surface area (Å²) >= 11 is 0. The van der Waals surface area contributed by atoms with E-state index < -0.39 is 0 Å². The van der Waals surface area contributed by atoms with E-state index in [0.29, 0.717) is 24.2 Å². The molecule has 1 aromatic heterocycles. The van der Waals surface area contributed by atoms with Crippen LogP contribution < -0.4 is 10.5 Å². The van der Waals surface area contributed by atoms with Crippen molar-refractivity contribution in [3.05, 3.63) is 23.9 Å². The van der Waals surface area contributed by atoms with Gasteiger partial charge >= 0.3 is 0 Å². The van der Waals surface area contributed by atoms with Crippen molar-refractivity contribution in [1.82, 2.24) is 9.88 Å². The molecule has 1 unspecified atom stereocenters. The third-order valence-corrected chi connectivity index (χ3v) is 3.47. The highest BCUT2D eigenvalue weighted by Crippen LogP contribution is 2.18. The van der Waals surface area contributed by atoms with Gasteiger partial charge in [0.1, 0.15) is 5.69 Å². The summed E-state index contributed by atoms with van der Waals surface area (Å²) in [7, 11) is 2.15. The molecule has 19 heavy (non-hydrogen) atoms. The molecule has 1 aromatic rings. The van der Waals surface area contributed by atoms with Crippen molar-refractivity contribution in [1.29, 1.82) is 0 Å². The minimum Gasteiger partial charge on any atom is -0.478 e. The van der Waals surface area contributed by atoms with Gasteiger partial charge in [-0.15, -0.1) is 0 Å². The van der Waals surface area contributed by atoms with E-state index in [-0.39, 0.29) is 5.84 Å². The number of nitrogens with zero attached hydrogens (tertiary/aromatic N) is 3. The molecule has 1 atom stereocenters. The molecule has 0 spiro atoms. The van der Waals surface area contributed by atoms with E-state index in [1.54, 1.807) is 18.2 Å². The van der Waals surface area contributed by atoms with Gasteiger partial charge in [-0.2, -0.15) is 0 Å². The lowest BCUT2D eigenvalue weighted by Gasteiger charge is -2.19. The second-order valence-electron chi connectivity index (χ2n) is 4.76. The summed E-state index contributed by atoms with van der Waals surface area (Å²) in [6, 6.07) is 5.82. The molecule has 0 bridgehead atoms. The van der Waals surface area contributed by atoms with Crippen molar-refractivity contribution < 1.29 is 9.94 Å². The average Bonchev–Trinajstić information content (AvgIpc) is 2.84. The first-order valence-corrected chi connectivity index (χ1v) is 6.48. The van der Waals surface area contributed by atoms with Crippen LogP contribution >= 0.6 is 0 Å². The quantitative estimate of drug-likeness (QED) is 0.359. The molecular formula is C13H20N4O2. The molecule has 0 aliphatic carbocycles. The standard InChI is InChI=1S/C13H20N4O2/c1-17-8-3-4-10(17)7-9-19-12-6-2-5-11(15-12)13(14)16-18/h2,5-6,10,18H,3-4,7-9H2,1H3,(H2,14,16). The maximum atomic E-state index is 8.60. The van der Waals surface area contributed by atoms with Crippen LogP contribution in [0.15, 0.2) is 23.4 Å². The SMILES string of the molecule is CN1CCCC1CCOc1cccc(C(N)=NO)n1. The van der Waals surface area contributed by atoms with Crippen molar-refractivity contribution in [3.8, 4) is 5.88 Å². The van der Waals surface area contributed by atoms with Crippen LogP contribution in [0.2, 0.25) is 0 Å². The van der Waals surface area contributed by atoms with E-state index in [0.717, 1.165) is 6.42 Å². The number of nitrogens with two attached hydrogens (primary N) is 1. The van der Waals surface area contributed by atoms with Gasteiger partial charge in [0.2, 0.25) is 5.88 Å². The van der Waals surface area contributed by atoms with Gasteiger partial charge in [0.05, 0.1) is 6.61 Å². The Bertz CT molecular complexity index is 450. The van der Waals surface area contributed by atoms with E-state index >= 15 is 0 Å². The van der Waals surface area contributed by atoms with Crippen LogP contribution in [-0.2, 0) is 0 Å². The highest BCUT2D eigenvalue weighted by molar-refractivity contribution is 5.95. The first-order chi connectivity index (χ1) is 9.20. The minimum absolute atomic E-state index is 0.0130. The first kappa shape index (κ1) is 13.6. The Morgan fingerprint density at radius 2 is 2.47 bits per heavy atom.